The van der Waals surface area contributed by atoms with Crippen molar-refractivity contribution < 1.29 is 21.5 Å². The quantitative estimate of drug-likeness (QED) is 0.597. The highest BCUT2D eigenvalue weighted by Gasteiger charge is 2.13. The summed E-state index contributed by atoms with van der Waals surface area (Å²) in [7, 11) is 0. The molecule has 2 aromatic rings. The van der Waals surface area contributed by atoms with Crippen LogP contribution in [0.5, 0.6) is 5.75 Å². The molecule has 0 saturated heterocycles. The van der Waals surface area contributed by atoms with Crippen molar-refractivity contribution in [3.05, 3.63) is 65.7 Å². The zero-order chi connectivity index (χ0) is 20.3. The summed E-state index contributed by atoms with van der Waals surface area (Å²) < 4.78 is 42.7. The number of carbonyl (C=O) groups is 1. The summed E-state index contributed by atoms with van der Waals surface area (Å²) in [6.45, 7) is -3.21. The van der Waals surface area contributed by atoms with Gasteiger partial charge in [-0.25, -0.2) is 0 Å². The van der Waals surface area contributed by atoms with Crippen molar-refractivity contribution in [1.29, 1.82) is 0 Å². The number of aliphatic hydroxyl groups is 1. The average molecular weight is 324 g/mol. The van der Waals surface area contributed by atoms with E-state index in [4.69, 9.17) is 23.2 Å². The van der Waals surface area contributed by atoms with E-state index in [9.17, 15) is 9.90 Å². The van der Waals surface area contributed by atoms with Gasteiger partial charge in [-0.1, -0.05) is 42.5 Å². The van der Waals surface area contributed by atoms with Gasteiger partial charge in [-0.05, 0) is 24.1 Å². The van der Waals surface area contributed by atoms with E-state index in [1.807, 2.05) is 30.3 Å². The average Bonchev–Trinajstić information content (AvgIpc) is 2.59. The number of halogens is 1. The maximum absolute atomic E-state index is 12.6. The molecule has 0 bridgehead atoms. The minimum Gasteiger partial charge on any atom is -0.490 e. The molecule has 0 heterocycles. The normalized spacial score (nSPS) is 18.0. The summed E-state index contributed by atoms with van der Waals surface area (Å²) in [5.41, 5.74) is 1.04. The first-order chi connectivity index (χ1) is 12.5. The third-order valence-corrected chi connectivity index (χ3v) is 3.20. The predicted molar refractivity (Wildman–Crippen MR) is 87.8 cm³/mol. The molecular weight excluding hydrogens is 300 g/mol. The van der Waals surface area contributed by atoms with Gasteiger partial charge in [0.1, 0.15) is 18.4 Å². The Hall–Kier alpha value is -1.84. The summed E-state index contributed by atoms with van der Waals surface area (Å²) in [4.78, 5) is 12.6. The third kappa shape index (κ3) is 4.86. The number of hydrogen-bond acceptors (Lipinski definition) is 3. The number of benzene rings is 2. The lowest BCUT2D eigenvalue weighted by Crippen LogP contribution is -2.19. The van der Waals surface area contributed by atoms with Crippen LogP contribution >= 0.6 is 11.6 Å². The minimum atomic E-state index is -3.41. The van der Waals surface area contributed by atoms with Crippen molar-refractivity contribution in [1.82, 2.24) is 0 Å². The van der Waals surface area contributed by atoms with Gasteiger partial charge in [-0.2, -0.15) is 0 Å². The molecule has 0 aliphatic carbocycles. The molecule has 0 aliphatic rings. The fourth-order valence-electron chi connectivity index (χ4n) is 1.95. The summed E-state index contributed by atoms with van der Waals surface area (Å²) in [6, 6.07) is 15.2. The Morgan fingerprint density at radius 2 is 1.91 bits per heavy atom. The molecule has 3 nitrogen and oxygen atoms in total. The van der Waals surface area contributed by atoms with Crippen LogP contribution in [0.1, 0.15) is 29.2 Å². The highest BCUT2D eigenvalue weighted by Crippen LogP contribution is 2.21. The van der Waals surface area contributed by atoms with E-state index in [2.05, 4.69) is 0 Å². The lowest BCUT2D eigenvalue weighted by Gasteiger charge is -2.13. The number of carbonyl (C=O) groups excluding carboxylic acids is 1. The highest BCUT2D eigenvalue weighted by molar-refractivity contribution is 6.18. The van der Waals surface area contributed by atoms with E-state index in [1.165, 1.54) is 18.2 Å². The first-order valence-corrected chi connectivity index (χ1v) is 7.10. The lowest BCUT2D eigenvalue weighted by molar-refractivity contribution is 0.0968. The minimum absolute atomic E-state index is 0.0724. The maximum atomic E-state index is 12.6. The Morgan fingerprint density at radius 1 is 1.23 bits per heavy atom. The van der Waals surface area contributed by atoms with E-state index in [0.717, 1.165) is 5.56 Å². The zero-order valence-corrected chi connectivity index (χ0v) is 12.5. The Balaban J connectivity index is 2.21. The van der Waals surface area contributed by atoms with Crippen LogP contribution in [-0.4, -0.2) is 29.4 Å². The predicted octanol–water partition coefficient (Wildman–Crippen LogP) is 3.48. The van der Waals surface area contributed by atoms with Crippen LogP contribution in [0.15, 0.2) is 54.6 Å². The van der Waals surface area contributed by atoms with E-state index >= 15 is 0 Å². The van der Waals surface area contributed by atoms with Crippen molar-refractivity contribution in [2.75, 3.05) is 12.4 Å². The molecule has 0 aromatic heterocycles. The van der Waals surface area contributed by atoms with E-state index in [-0.39, 0.29) is 23.5 Å². The first kappa shape index (κ1) is 10.8. The van der Waals surface area contributed by atoms with Crippen LogP contribution in [0.25, 0.3) is 0 Å². The fraction of sp³-hybridized carbons (Fsp3) is 0.278. The van der Waals surface area contributed by atoms with Crippen molar-refractivity contribution in [3.8, 4) is 5.75 Å². The molecule has 0 fully saturated rings. The van der Waals surface area contributed by atoms with Crippen LogP contribution in [0.4, 0.5) is 0 Å². The van der Waals surface area contributed by atoms with Crippen LogP contribution < -0.4 is 4.74 Å². The number of Topliss-reactive ketones (excluding diaryl/α,β-unsaturated/α-hetero) is 1. The van der Waals surface area contributed by atoms with Crippen LogP contribution in [-0.2, 0) is 6.42 Å². The molecule has 1 atom stereocenters. The molecule has 1 N–H and O–H groups in total. The molecule has 0 amide bonds. The summed E-state index contributed by atoms with van der Waals surface area (Å²) in [6.07, 6.45) is -2.79. The van der Waals surface area contributed by atoms with E-state index in [0.29, 0.717) is 6.42 Å². The van der Waals surface area contributed by atoms with Crippen LogP contribution in [0.2, 0.25) is 0 Å². The van der Waals surface area contributed by atoms with Crippen molar-refractivity contribution in [2.45, 2.75) is 18.9 Å². The van der Waals surface area contributed by atoms with E-state index < -0.39 is 18.5 Å². The number of alkyl halides is 1. The maximum Gasteiger partial charge on any atom is 0.166 e. The van der Waals surface area contributed by atoms with Gasteiger partial charge in [0.25, 0.3) is 0 Å². The van der Waals surface area contributed by atoms with Gasteiger partial charge in [-0.15, -0.1) is 11.6 Å². The standard InChI is InChI=1S/C18H19ClO3/c19-12-15(20)13-22-18-9-5-4-8-16(18)17(21)11-10-14-6-2-1-3-7-14/h1-9,15,20H,10-13H2/i12D2,13D2,15D. The second-order valence-corrected chi connectivity index (χ2v) is 4.74. The van der Waals surface area contributed by atoms with Crippen molar-refractivity contribution in [3.63, 3.8) is 0 Å². The van der Waals surface area contributed by atoms with Gasteiger partial charge >= 0.3 is 0 Å². The molecule has 2 rings (SSSR count). The molecule has 1 unspecified atom stereocenters. The topological polar surface area (TPSA) is 46.5 Å². The SMILES string of the molecule is [2H]C([2H])(Cl)C([2H])(O)C([2H])([2H])Oc1ccccc1C(=O)CCc1ccccc1. The smallest absolute Gasteiger partial charge is 0.166 e. The van der Waals surface area contributed by atoms with Crippen molar-refractivity contribution >= 4 is 17.4 Å². The monoisotopic (exact) mass is 323 g/mol. The van der Waals surface area contributed by atoms with Gasteiger partial charge in [-0.3, -0.25) is 4.79 Å². The number of rotatable bonds is 8. The number of hydrogen-bond donors (Lipinski definition) is 1. The molecule has 0 aliphatic heterocycles. The first-order valence-electron chi connectivity index (χ1n) is 9.22. The summed E-state index contributed by atoms with van der Waals surface area (Å²) >= 11 is 5.30. The van der Waals surface area contributed by atoms with Gasteiger partial charge < -0.3 is 9.84 Å². The largest absolute Gasteiger partial charge is 0.490 e. The van der Waals surface area contributed by atoms with Gasteiger partial charge in [0.2, 0.25) is 0 Å². The molecule has 4 heteroatoms. The lowest BCUT2D eigenvalue weighted by atomic mass is 10.0. The molecule has 0 saturated carbocycles. The summed E-state index contributed by atoms with van der Waals surface area (Å²) in [5, 5.41) is 9.90. The molecule has 116 valence electrons. The molecular formula is C18H19ClO3. The zero-order valence-electron chi connectivity index (χ0n) is 16.8. The number of ether oxygens (including phenoxy) is 1. The second-order valence-electron chi connectivity index (χ2n) is 4.55. The van der Waals surface area contributed by atoms with Gasteiger partial charge in [0.15, 0.2) is 5.78 Å². The Morgan fingerprint density at radius 3 is 2.64 bits per heavy atom. The fourth-order valence-corrected chi connectivity index (χ4v) is 1.98. The Bertz CT molecular complexity index is 791. The van der Waals surface area contributed by atoms with E-state index in [1.54, 1.807) is 6.07 Å². The number of aryl methyl sites for hydroxylation is 1. The molecule has 2 aromatic carbocycles. The second kappa shape index (κ2) is 8.57. The Labute approximate surface area is 142 Å². The number of para-hydroxylation sites is 1. The van der Waals surface area contributed by atoms with Crippen LogP contribution in [0.3, 0.4) is 0 Å². The van der Waals surface area contributed by atoms with Crippen LogP contribution in [0, 0.1) is 0 Å². The highest BCUT2D eigenvalue weighted by atomic mass is 35.5. The summed E-state index contributed by atoms with van der Waals surface area (Å²) in [5.74, 6) is -3.64. The number of ketones is 1. The molecule has 22 heavy (non-hydrogen) atoms. The van der Waals surface area contributed by atoms with Gasteiger partial charge in [0.05, 0.1) is 15.5 Å². The van der Waals surface area contributed by atoms with Gasteiger partial charge in [0, 0.05) is 9.16 Å². The van der Waals surface area contributed by atoms with Crippen molar-refractivity contribution in [2.24, 2.45) is 0 Å². The molecule has 0 radical (unpaired) electrons. The molecule has 0 spiro atoms. The third-order valence-electron chi connectivity index (χ3n) is 3.02. The Kier molecular flexibility index (Phi) is 4.21.